The summed E-state index contributed by atoms with van der Waals surface area (Å²) in [5, 5.41) is 0. The molecule has 1 heterocycles. The Morgan fingerprint density at radius 1 is 1.50 bits per heavy atom. The van der Waals surface area contributed by atoms with E-state index in [2.05, 4.69) is 9.97 Å². The molecule has 0 saturated heterocycles. The molecule has 1 aromatic heterocycles. The SMILES string of the molecule is CCOC(=O)[C@](Cc1cnc[nH]1)(C(C)=O)C(C)C. The lowest BCUT2D eigenvalue weighted by molar-refractivity contribution is -0.163. The highest BCUT2D eigenvalue weighted by molar-refractivity contribution is 6.03. The first-order chi connectivity index (χ1) is 8.45. The van der Waals surface area contributed by atoms with Crippen molar-refractivity contribution >= 4 is 11.8 Å². The van der Waals surface area contributed by atoms with Crippen LogP contribution in [-0.2, 0) is 20.7 Å². The van der Waals surface area contributed by atoms with Gasteiger partial charge in [-0.3, -0.25) is 9.59 Å². The van der Waals surface area contributed by atoms with Crippen LogP contribution in [0, 0.1) is 11.3 Å². The largest absolute Gasteiger partial charge is 0.465 e. The maximum absolute atomic E-state index is 12.2. The number of aromatic nitrogens is 2. The van der Waals surface area contributed by atoms with Gasteiger partial charge in [-0.05, 0) is 19.8 Å². The van der Waals surface area contributed by atoms with Crippen LogP contribution in [0.3, 0.4) is 0 Å². The molecule has 0 bridgehead atoms. The number of hydrogen-bond acceptors (Lipinski definition) is 4. The fourth-order valence-corrected chi connectivity index (χ4v) is 2.13. The van der Waals surface area contributed by atoms with Gasteiger partial charge in [0.25, 0.3) is 0 Å². The van der Waals surface area contributed by atoms with Gasteiger partial charge in [0.15, 0.2) is 0 Å². The van der Waals surface area contributed by atoms with E-state index in [1.165, 1.54) is 13.3 Å². The molecular weight excluding hydrogens is 232 g/mol. The second-order valence-electron chi connectivity index (χ2n) is 4.66. The van der Waals surface area contributed by atoms with Crippen LogP contribution in [0.25, 0.3) is 0 Å². The van der Waals surface area contributed by atoms with Crippen molar-refractivity contribution in [2.45, 2.75) is 34.1 Å². The Labute approximate surface area is 107 Å². The second kappa shape index (κ2) is 5.80. The number of carbonyl (C=O) groups excluding carboxylic acids is 2. The van der Waals surface area contributed by atoms with Crippen LogP contribution in [0.2, 0.25) is 0 Å². The molecule has 0 aliphatic rings. The van der Waals surface area contributed by atoms with Crippen LogP contribution in [0.4, 0.5) is 0 Å². The third kappa shape index (κ3) is 2.60. The van der Waals surface area contributed by atoms with E-state index in [9.17, 15) is 9.59 Å². The number of nitrogens with one attached hydrogen (secondary N) is 1. The summed E-state index contributed by atoms with van der Waals surface area (Å²) in [5.41, 5.74) is -0.380. The fourth-order valence-electron chi connectivity index (χ4n) is 2.13. The number of ketones is 1. The van der Waals surface area contributed by atoms with Gasteiger partial charge in [-0.2, -0.15) is 0 Å². The molecule has 100 valence electrons. The Morgan fingerprint density at radius 2 is 2.17 bits per heavy atom. The molecule has 5 nitrogen and oxygen atoms in total. The van der Waals surface area contributed by atoms with Gasteiger partial charge in [-0.1, -0.05) is 13.8 Å². The zero-order valence-corrected chi connectivity index (χ0v) is 11.3. The van der Waals surface area contributed by atoms with Crippen molar-refractivity contribution < 1.29 is 14.3 Å². The lowest BCUT2D eigenvalue weighted by atomic mass is 9.71. The molecule has 1 rings (SSSR count). The van der Waals surface area contributed by atoms with Crippen LogP contribution >= 0.6 is 0 Å². The molecule has 5 heteroatoms. The number of H-pyrrole nitrogens is 1. The van der Waals surface area contributed by atoms with E-state index in [0.29, 0.717) is 6.42 Å². The van der Waals surface area contributed by atoms with Gasteiger partial charge in [0.05, 0.1) is 12.9 Å². The number of esters is 1. The molecule has 0 radical (unpaired) electrons. The summed E-state index contributed by atoms with van der Waals surface area (Å²) in [6, 6.07) is 0. The Bertz CT molecular complexity index is 412. The third-order valence-electron chi connectivity index (χ3n) is 3.28. The van der Waals surface area contributed by atoms with Gasteiger partial charge in [-0.15, -0.1) is 0 Å². The number of nitrogens with zero attached hydrogens (tertiary/aromatic N) is 1. The summed E-state index contributed by atoms with van der Waals surface area (Å²) in [4.78, 5) is 31.1. The molecule has 0 fully saturated rings. The van der Waals surface area contributed by atoms with Crippen LogP contribution in [0.1, 0.15) is 33.4 Å². The van der Waals surface area contributed by atoms with Crippen molar-refractivity contribution in [2.24, 2.45) is 11.3 Å². The summed E-state index contributed by atoms with van der Waals surface area (Å²) in [6.45, 7) is 7.15. The Kier molecular flexibility index (Phi) is 4.64. The minimum atomic E-state index is -1.14. The predicted molar refractivity (Wildman–Crippen MR) is 66.9 cm³/mol. The number of hydrogen-bond donors (Lipinski definition) is 1. The normalized spacial score (nSPS) is 14.3. The standard InChI is InChI=1S/C13H20N2O3/c1-5-18-12(17)13(9(2)3,10(4)16)6-11-7-14-8-15-11/h7-9H,5-6H2,1-4H3,(H,14,15)/t13-/m0/s1. The lowest BCUT2D eigenvalue weighted by Crippen LogP contribution is -2.46. The van der Waals surface area contributed by atoms with E-state index < -0.39 is 11.4 Å². The molecule has 0 amide bonds. The molecule has 0 unspecified atom stereocenters. The number of rotatable bonds is 6. The lowest BCUT2D eigenvalue weighted by Gasteiger charge is -2.32. The first-order valence-electron chi connectivity index (χ1n) is 6.10. The first-order valence-corrected chi connectivity index (χ1v) is 6.10. The average molecular weight is 252 g/mol. The predicted octanol–water partition coefficient (Wildman–Crippen LogP) is 1.75. The van der Waals surface area contributed by atoms with Crippen molar-refractivity contribution in [1.29, 1.82) is 0 Å². The molecule has 0 spiro atoms. The van der Waals surface area contributed by atoms with E-state index in [0.717, 1.165) is 5.69 Å². The van der Waals surface area contributed by atoms with E-state index in [-0.39, 0.29) is 18.3 Å². The molecule has 18 heavy (non-hydrogen) atoms. The van der Waals surface area contributed by atoms with E-state index in [4.69, 9.17) is 4.74 Å². The van der Waals surface area contributed by atoms with Gasteiger partial charge < -0.3 is 9.72 Å². The number of aromatic amines is 1. The highest BCUT2D eigenvalue weighted by Crippen LogP contribution is 2.34. The van der Waals surface area contributed by atoms with Crippen LogP contribution in [-0.4, -0.2) is 28.3 Å². The first kappa shape index (κ1) is 14.4. The Balaban J connectivity index is 3.13. The molecule has 0 aliphatic heterocycles. The summed E-state index contributed by atoms with van der Waals surface area (Å²) in [7, 11) is 0. The molecule has 1 aromatic rings. The molecular formula is C13H20N2O3. The average Bonchev–Trinajstić information content (AvgIpc) is 2.77. The highest BCUT2D eigenvalue weighted by atomic mass is 16.5. The molecule has 0 saturated carbocycles. The topological polar surface area (TPSA) is 72.0 Å². The summed E-state index contributed by atoms with van der Waals surface area (Å²) < 4.78 is 5.08. The van der Waals surface area contributed by atoms with Crippen LogP contribution in [0.5, 0.6) is 0 Å². The van der Waals surface area contributed by atoms with Crippen LogP contribution < -0.4 is 0 Å². The van der Waals surface area contributed by atoms with Gasteiger partial charge in [0, 0.05) is 18.3 Å². The van der Waals surface area contributed by atoms with Gasteiger partial charge in [0.2, 0.25) is 0 Å². The number of carbonyl (C=O) groups is 2. The zero-order valence-electron chi connectivity index (χ0n) is 11.3. The van der Waals surface area contributed by atoms with Gasteiger partial charge in [0.1, 0.15) is 11.2 Å². The summed E-state index contributed by atoms with van der Waals surface area (Å²) in [5.74, 6) is -0.773. The van der Waals surface area contributed by atoms with Crippen molar-refractivity contribution in [3.05, 3.63) is 18.2 Å². The van der Waals surface area contributed by atoms with Crippen molar-refractivity contribution in [1.82, 2.24) is 9.97 Å². The monoisotopic (exact) mass is 252 g/mol. The minimum absolute atomic E-state index is 0.141. The molecule has 1 atom stereocenters. The fraction of sp³-hybridized carbons (Fsp3) is 0.615. The minimum Gasteiger partial charge on any atom is -0.465 e. The highest BCUT2D eigenvalue weighted by Gasteiger charge is 2.47. The molecule has 0 aromatic carbocycles. The van der Waals surface area contributed by atoms with E-state index in [1.54, 1.807) is 13.1 Å². The van der Waals surface area contributed by atoms with Crippen LogP contribution in [0.15, 0.2) is 12.5 Å². The van der Waals surface area contributed by atoms with Gasteiger partial charge in [-0.25, -0.2) is 4.98 Å². The maximum Gasteiger partial charge on any atom is 0.320 e. The Morgan fingerprint density at radius 3 is 2.56 bits per heavy atom. The smallest absolute Gasteiger partial charge is 0.320 e. The van der Waals surface area contributed by atoms with E-state index >= 15 is 0 Å². The molecule has 0 aliphatic carbocycles. The van der Waals surface area contributed by atoms with Crippen molar-refractivity contribution in [3.8, 4) is 0 Å². The van der Waals surface area contributed by atoms with Gasteiger partial charge >= 0.3 is 5.97 Å². The van der Waals surface area contributed by atoms with Crippen molar-refractivity contribution in [3.63, 3.8) is 0 Å². The zero-order chi connectivity index (χ0) is 13.8. The summed E-state index contributed by atoms with van der Waals surface area (Å²) in [6.07, 6.45) is 3.45. The quantitative estimate of drug-likeness (QED) is 0.618. The molecule has 1 N–H and O–H groups in total. The Hall–Kier alpha value is -1.65. The summed E-state index contributed by atoms with van der Waals surface area (Å²) >= 11 is 0. The maximum atomic E-state index is 12.2. The third-order valence-corrected chi connectivity index (χ3v) is 3.28. The number of ether oxygens (including phenoxy) is 1. The van der Waals surface area contributed by atoms with Crippen molar-refractivity contribution in [2.75, 3.05) is 6.61 Å². The number of imidazole rings is 1. The number of Topliss-reactive ketones (excluding diaryl/α,β-unsaturated/α-hetero) is 1. The second-order valence-corrected chi connectivity index (χ2v) is 4.66. The van der Waals surface area contributed by atoms with E-state index in [1.807, 2.05) is 13.8 Å².